The molecule has 2 aromatic heterocycles. The van der Waals surface area contributed by atoms with Crippen LogP contribution in [0.25, 0.3) is 22.2 Å². The zero-order chi connectivity index (χ0) is 18.8. The molecule has 0 fully saturated rings. The van der Waals surface area contributed by atoms with Gasteiger partial charge in [-0.3, -0.25) is 4.98 Å². The number of rotatable bonds is 4. The summed E-state index contributed by atoms with van der Waals surface area (Å²) >= 11 is 0. The molecule has 0 saturated heterocycles. The maximum absolute atomic E-state index is 11.7. The van der Waals surface area contributed by atoms with Gasteiger partial charge in [-0.1, -0.05) is 24.3 Å². The molecule has 0 spiro atoms. The van der Waals surface area contributed by atoms with E-state index < -0.39 is 11.7 Å². The van der Waals surface area contributed by atoms with Crippen LogP contribution >= 0.6 is 0 Å². The van der Waals surface area contributed by atoms with E-state index in [9.17, 15) is 9.59 Å². The van der Waals surface area contributed by atoms with E-state index in [0.29, 0.717) is 16.9 Å². The van der Waals surface area contributed by atoms with Crippen molar-refractivity contribution in [3.05, 3.63) is 82.9 Å². The fourth-order valence-corrected chi connectivity index (χ4v) is 2.77. The zero-order valence-electron chi connectivity index (χ0n) is 14.0. The standard InChI is InChI=1S/C20H14N4O3/c25-19(26)14-5-3-12(4-6-14)13-7-9-15(10-8-13)22-18-16-2-1-11-21-17(16)23-20(27)24-18/h1-11H,(H,25,26)(H2,21,22,23,24,27). The summed E-state index contributed by atoms with van der Waals surface area (Å²) in [6.07, 6.45) is 1.59. The molecule has 0 amide bonds. The molecule has 0 radical (unpaired) electrons. The summed E-state index contributed by atoms with van der Waals surface area (Å²) in [5, 5.41) is 12.9. The van der Waals surface area contributed by atoms with Crippen LogP contribution in [-0.4, -0.2) is 26.0 Å². The van der Waals surface area contributed by atoms with Crippen LogP contribution in [0.3, 0.4) is 0 Å². The third-order valence-electron chi connectivity index (χ3n) is 4.11. The highest BCUT2D eigenvalue weighted by Crippen LogP contribution is 2.25. The van der Waals surface area contributed by atoms with Gasteiger partial charge in [-0.25, -0.2) is 14.6 Å². The number of aromatic carboxylic acids is 1. The van der Waals surface area contributed by atoms with Gasteiger partial charge in [0.05, 0.1) is 10.9 Å². The van der Waals surface area contributed by atoms with Crippen molar-refractivity contribution < 1.29 is 9.90 Å². The van der Waals surface area contributed by atoms with Gasteiger partial charge in [-0.2, -0.15) is 4.98 Å². The summed E-state index contributed by atoms with van der Waals surface area (Å²) in [7, 11) is 0. The van der Waals surface area contributed by atoms with Crippen molar-refractivity contribution >= 4 is 28.5 Å². The molecular formula is C20H14N4O3. The molecule has 0 aliphatic carbocycles. The van der Waals surface area contributed by atoms with E-state index in [1.807, 2.05) is 30.3 Å². The van der Waals surface area contributed by atoms with E-state index >= 15 is 0 Å². The molecule has 7 heteroatoms. The number of hydrogen-bond donors (Lipinski definition) is 3. The van der Waals surface area contributed by atoms with Gasteiger partial charge in [-0.05, 0) is 47.5 Å². The Morgan fingerprint density at radius 1 is 0.963 bits per heavy atom. The zero-order valence-corrected chi connectivity index (χ0v) is 14.0. The molecule has 0 aliphatic heterocycles. The van der Waals surface area contributed by atoms with Crippen molar-refractivity contribution in [2.75, 3.05) is 5.32 Å². The molecule has 2 heterocycles. The van der Waals surface area contributed by atoms with Crippen molar-refractivity contribution in [3.63, 3.8) is 0 Å². The second-order valence-electron chi connectivity index (χ2n) is 5.88. The Hall–Kier alpha value is -4.00. The van der Waals surface area contributed by atoms with Gasteiger partial charge in [0, 0.05) is 11.9 Å². The number of fused-ring (bicyclic) bond motifs is 1. The third kappa shape index (κ3) is 3.38. The topological polar surface area (TPSA) is 108 Å². The second-order valence-corrected chi connectivity index (χ2v) is 5.88. The van der Waals surface area contributed by atoms with Gasteiger partial charge in [0.1, 0.15) is 5.82 Å². The Morgan fingerprint density at radius 3 is 2.30 bits per heavy atom. The first-order chi connectivity index (χ1) is 13.1. The Labute approximate surface area is 153 Å². The monoisotopic (exact) mass is 358 g/mol. The van der Waals surface area contributed by atoms with Crippen LogP contribution in [0.15, 0.2) is 71.7 Å². The summed E-state index contributed by atoms with van der Waals surface area (Å²) in [4.78, 5) is 33.3. The predicted octanol–water partition coefficient (Wildman–Crippen LogP) is 3.43. The van der Waals surface area contributed by atoms with E-state index in [0.717, 1.165) is 16.8 Å². The van der Waals surface area contributed by atoms with E-state index in [1.165, 1.54) is 0 Å². The molecule has 3 N–H and O–H groups in total. The minimum absolute atomic E-state index is 0.249. The predicted molar refractivity (Wildman–Crippen MR) is 102 cm³/mol. The highest BCUT2D eigenvalue weighted by atomic mass is 16.4. The van der Waals surface area contributed by atoms with Crippen LogP contribution in [-0.2, 0) is 0 Å². The van der Waals surface area contributed by atoms with Gasteiger partial charge in [0.15, 0.2) is 5.65 Å². The molecule has 0 atom stereocenters. The lowest BCUT2D eigenvalue weighted by Gasteiger charge is -2.09. The van der Waals surface area contributed by atoms with E-state index in [1.54, 1.807) is 36.5 Å². The normalized spacial score (nSPS) is 10.7. The van der Waals surface area contributed by atoms with Crippen LogP contribution in [0.5, 0.6) is 0 Å². The van der Waals surface area contributed by atoms with Crippen molar-refractivity contribution in [1.82, 2.24) is 15.0 Å². The Morgan fingerprint density at radius 2 is 1.63 bits per heavy atom. The molecule has 0 saturated carbocycles. The number of carboxylic acids is 1. The largest absolute Gasteiger partial charge is 0.478 e. The first-order valence-corrected chi connectivity index (χ1v) is 8.16. The quantitative estimate of drug-likeness (QED) is 0.516. The minimum atomic E-state index is -0.950. The highest BCUT2D eigenvalue weighted by molar-refractivity contribution is 5.89. The molecule has 0 bridgehead atoms. The van der Waals surface area contributed by atoms with Crippen LogP contribution in [0.4, 0.5) is 11.5 Å². The number of carbonyl (C=O) groups is 1. The molecule has 27 heavy (non-hydrogen) atoms. The fraction of sp³-hybridized carbons (Fsp3) is 0. The van der Waals surface area contributed by atoms with Crippen molar-refractivity contribution in [1.29, 1.82) is 0 Å². The number of anilines is 2. The fourth-order valence-electron chi connectivity index (χ4n) is 2.77. The maximum atomic E-state index is 11.7. The maximum Gasteiger partial charge on any atom is 0.348 e. The van der Waals surface area contributed by atoms with Gasteiger partial charge >= 0.3 is 11.7 Å². The summed E-state index contributed by atoms with van der Waals surface area (Å²) in [6, 6.07) is 17.9. The van der Waals surface area contributed by atoms with Crippen molar-refractivity contribution in [2.24, 2.45) is 0 Å². The number of aromatic amines is 1. The van der Waals surface area contributed by atoms with Crippen LogP contribution in [0.1, 0.15) is 10.4 Å². The number of nitrogens with zero attached hydrogens (tertiary/aromatic N) is 2. The molecule has 4 rings (SSSR count). The number of pyridine rings is 1. The number of nitrogens with one attached hydrogen (secondary N) is 2. The second kappa shape index (κ2) is 6.72. The minimum Gasteiger partial charge on any atom is -0.478 e. The number of aromatic nitrogens is 3. The molecule has 7 nitrogen and oxygen atoms in total. The number of benzene rings is 2. The average molecular weight is 358 g/mol. The van der Waals surface area contributed by atoms with Crippen LogP contribution in [0, 0.1) is 0 Å². The van der Waals surface area contributed by atoms with Gasteiger partial charge in [0.25, 0.3) is 0 Å². The smallest absolute Gasteiger partial charge is 0.348 e. The lowest BCUT2D eigenvalue weighted by molar-refractivity contribution is 0.0697. The Kier molecular flexibility index (Phi) is 4.10. The van der Waals surface area contributed by atoms with Crippen molar-refractivity contribution in [2.45, 2.75) is 0 Å². The molecule has 0 unspecified atom stereocenters. The van der Waals surface area contributed by atoms with Crippen LogP contribution in [0.2, 0.25) is 0 Å². The lowest BCUT2D eigenvalue weighted by atomic mass is 10.0. The number of carboxylic acid groups (broad SMARTS) is 1. The SMILES string of the molecule is O=C(O)c1ccc(-c2ccc(Nc3[nH]c(=O)nc4ncccc34)cc2)cc1. The summed E-state index contributed by atoms with van der Waals surface area (Å²) in [5.74, 6) is -0.425. The summed E-state index contributed by atoms with van der Waals surface area (Å²) < 4.78 is 0. The molecule has 132 valence electrons. The van der Waals surface area contributed by atoms with E-state index in [4.69, 9.17) is 5.11 Å². The van der Waals surface area contributed by atoms with Gasteiger partial charge in [-0.15, -0.1) is 0 Å². The summed E-state index contributed by atoms with van der Waals surface area (Å²) in [5.41, 5.74) is 2.80. The first-order valence-electron chi connectivity index (χ1n) is 8.16. The molecular weight excluding hydrogens is 344 g/mol. The van der Waals surface area contributed by atoms with Crippen molar-refractivity contribution in [3.8, 4) is 11.1 Å². The van der Waals surface area contributed by atoms with Crippen LogP contribution < -0.4 is 11.0 Å². The van der Waals surface area contributed by atoms with E-state index in [-0.39, 0.29) is 5.56 Å². The first kappa shape index (κ1) is 16.5. The lowest BCUT2D eigenvalue weighted by Crippen LogP contribution is -2.13. The third-order valence-corrected chi connectivity index (χ3v) is 4.11. The average Bonchev–Trinajstić information content (AvgIpc) is 2.68. The Bertz CT molecular complexity index is 1180. The van der Waals surface area contributed by atoms with Gasteiger partial charge in [0.2, 0.25) is 0 Å². The number of H-pyrrole nitrogens is 1. The Balaban J connectivity index is 1.62. The van der Waals surface area contributed by atoms with E-state index in [2.05, 4.69) is 20.3 Å². The number of hydrogen-bond acceptors (Lipinski definition) is 5. The van der Waals surface area contributed by atoms with Gasteiger partial charge < -0.3 is 10.4 Å². The highest BCUT2D eigenvalue weighted by Gasteiger charge is 2.07. The molecule has 2 aromatic carbocycles. The summed E-state index contributed by atoms with van der Waals surface area (Å²) in [6.45, 7) is 0. The molecule has 0 aliphatic rings. The molecule has 4 aromatic rings.